The normalized spacial score (nSPS) is 20.4. The van der Waals surface area contributed by atoms with Gasteiger partial charge in [0.05, 0.1) is 0 Å². The highest BCUT2D eigenvalue weighted by Crippen LogP contribution is 2.14. The molecule has 0 aromatic rings. The fourth-order valence-corrected chi connectivity index (χ4v) is 4.45. The summed E-state index contributed by atoms with van der Waals surface area (Å²) >= 11 is 0. The SMILES string of the molecule is CCC(N)CC(N)C(N)CCCC(N)CCC(N)OC(N)CCC(N)CCCC(N)C(N)CC(N)CC. The molecular weight excluding hydrogens is 468 g/mol. The highest BCUT2D eigenvalue weighted by molar-refractivity contribution is 4.81. The molecule has 0 radical (unpaired) electrons. The second-order valence-electron chi connectivity index (χ2n) is 11.2. The van der Waals surface area contributed by atoms with Crippen LogP contribution >= 0.6 is 0 Å². The van der Waals surface area contributed by atoms with E-state index in [4.69, 9.17) is 62.1 Å². The van der Waals surface area contributed by atoms with Gasteiger partial charge in [0, 0.05) is 48.3 Å². The molecule has 11 heteroatoms. The molecular formula is C26H64N10O. The van der Waals surface area contributed by atoms with Crippen LogP contribution in [0.4, 0.5) is 0 Å². The maximum atomic E-state index is 6.26. The molecule has 0 aromatic carbocycles. The van der Waals surface area contributed by atoms with E-state index in [1.165, 1.54) is 0 Å². The molecule has 0 aromatic heterocycles. The Kier molecular flexibility index (Phi) is 21.1. The van der Waals surface area contributed by atoms with Gasteiger partial charge in [0.25, 0.3) is 0 Å². The molecule has 0 amide bonds. The zero-order chi connectivity index (χ0) is 28.4. The second kappa shape index (κ2) is 21.4. The van der Waals surface area contributed by atoms with Gasteiger partial charge < -0.3 is 62.1 Å². The predicted molar refractivity (Wildman–Crippen MR) is 157 cm³/mol. The first-order valence-corrected chi connectivity index (χ1v) is 14.6. The number of hydrogen-bond acceptors (Lipinski definition) is 11. The number of rotatable bonds is 24. The lowest BCUT2D eigenvalue weighted by Gasteiger charge is -2.24. The van der Waals surface area contributed by atoms with Crippen molar-refractivity contribution in [2.24, 2.45) is 57.3 Å². The first-order chi connectivity index (χ1) is 17.4. The molecule has 0 fully saturated rings. The lowest BCUT2D eigenvalue weighted by molar-refractivity contribution is -0.0168. The molecule has 0 aliphatic rings. The quantitative estimate of drug-likeness (QED) is 0.0720. The lowest BCUT2D eigenvalue weighted by Crippen LogP contribution is -2.45. The van der Waals surface area contributed by atoms with Crippen molar-refractivity contribution in [3.8, 4) is 0 Å². The highest BCUT2D eigenvalue weighted by atomic mass is 16.5. The number of ether oxygens (including phenoxy) is 1. The van der Waals surface area contributed by atoms with Crippen LogP contribution in [0.1, 0.15) is 104 Å². The fourth-order valence-electron chi connectivity index (χ4n) is 4.45. The van der Waals surface area contributed by atoms with Crippen molar-refractivity contribution in [3.63, 3.8) is 0 Å². The standard InChI is InChI=1S/C26H64N10O/c1-3-17(27)15-23(33)21(31)9-5-7-19(29)11-13-25(35)37-26(36)14-12-20(30)8-6-10-22(32)24(34)16-18(28)4-2/h17-26H,3-16,27-36H2,1-2H3. The molecule has 0 bridgehead atoms. The zero-order valence-corrected chi connectivity index (χ0v) is 23.9. The third-order valence-corrected chi connectivity index (χ3v) is 7.52. The van der Waals surface area contributed by atoms with Gasteiger partial charge in [0.2, 0.25) is 0 Å². The third kappa shape index (κ3) is 19.3. The van der Waals surface area contributed by atoms with Crippen molar-refractivity contribution in [1.82, 2.24) is 0 Å². The van der Waals surface area contributed by atoms with Crippen LogP contribution in [-0.2, 0) is 4.74 Å². The van der Waals surface area contributed by atoms with Crippen molar-refractivity contribution in [2.45, 2.75) is 165 Å². The van der Waals surface area contributed by atoms with Crippen molar-refractivity contribution in [2.75, 3.05) is 0 Å². The summed E-state index contributed by atoms with van der Waals surface area (Å²) in [6.45, 7) is 4.11. The Hall–Kier alpha value is -0.440. The summed E-state index contributed by atoms with van der Waals surface area (Å²) in [6, 6.07) is 0.0293. The van der Waals surface area contributed by atoms with Gasteiger partial charge in [0.1, 0.15) is 12.5 Å². The summed E-state index contributed by atoms with van der Waals surface area (Å²) in [4.78, 5) is 0. The lowest BCUT2D eigenvalue weighted by atomic mass is 9.95. The van der Waals surface area contributed by atoms with E-state index in [-0.39, 0.29) is 48.3 Å². The van der Waals surface area contributed by atoms with Crippen LogP contribution in [0.15, 0.2) is 0 Å². The summed E-state index contributed by atoms with van der Waals surface area (Å²) in [7, 11) is 0. The Balaban J connectivity index is 3.96. The van der Waals surface area contributed by atoms with Gasteiger partial charge in [-0.05, 0) is 77.0 Å². The number of nitrogens with two attached hydrogens (primary N) is 10. The van der Waals surface area contributed by atoms with Crippen LogP contribution in [0.3, 0.4) is 0 Å². The molecule has 0 saturated carbocycles. The van der Waals surface area contributed by atoms with Crippen molar-refractivity contribution in [1.29, 1.82) is 0 Å². The smallest absolute Gasteiger partial charge is 0.107 e. The molecule has 0 saturated heterocycles. The molecule has 224 valence electrons. The van der Waals surface area contributed by atoms with E-state index in [1.807, 2.05) is 0 Å². The van der Waals surface area contributed by atoms with E-state index in [0.717, 1.165) is 77.0 Å². The average Bonchev–Trinajstić information content (AvgIpc) is 2.85. The van der Waals surface area contributed by atoms with Crippen molar-refractivity contribution in [3.05, 3.63) is 0 Å². The van der Waals surface area contributed by atoms with E-state index in [0.29, 0.717) is 12.8 Å². The Morgan fingerprint density at radius 3 is 1.08 bits per heavy atom. The maximum Gasteiger partial charge on any atom is 0.107 e. The van der Waals surface area contributed by atoms with Crippen LogP contribution in [0.25, 0.3) is 0 Å². The van der Waals surface area contributed by atoms with Crippen LogP contribution in [-0.4, -0.2) is 60.8 Å². The molecule has 0 spiro atoms. The topological polar surface area (TPSA) is 269 Å². The maximum absolute atomic E-state index is 6.26. The minimum Gasteiger partial charge on any atom is -0.346 e. The Labute approximate surface area is 226 Å². The van der Waals surface area contributed by atoms with Crippen LogP contribution < -0.4 is 57.3 Å². The van der Waals surface area contributed by atoms with Gasteiger partial charge in [-0.15, -0.1) is 0 Å². The van der Waals surface area contributed by atoms with Gasteiger partial charge in [-0.25, -0.2) is 0 Å². The Bertz CT molecular complexity index is 488. The van der Waals surface area contributed by atoms with Gasteiger partial charge >= 0.3 is 0 Å². The highest BCUT2D eigenvalue weighted by Gasteiger charge is 2.18. The number of hydrogen-bond donors (Lipinski definition) is 10. The predicted octanol–water partition coefficient (Wildman–Crippen LogP) is -0.308. The summed E-state index contributed by atoms with van der Waals surface area (Å²) in [5.41, 5.74) is 61.4. The Morgan fingerprint density at radius 2 is 0.757 bits per heavy atom. The second-order valence-corrected chi connectivity index (χ2v) is 11.2. The molecule has 10 unspecified atom stereocenters. The summed E-state index contributed by atoms with van der Waals surface area (Å²) in [5.74, 6) is 0. The van der Waals surface area contributed by atoms with Crippen LogP contribution in [0, 0.1) is 0 Å². The van der Waals surface area contributed by atoms with Crippen LogP contribution in [0.5, 0.6) is 0 Å². The first-order valence-electron chi connectivity index (χ1n) is 14.6. The van der Waals surface area contributed by atoms with Gasteiger partial charge in [-0.3, -0.25) is 0 Å². The largest absolute Gasteiger partial charge is 0.346 e. The van der Waals surface area contributed by atoms with Gasteiger partial charge in [-0.2, -0.15) is 0 Å². The molecule has 37 heavy (non-hydrogen) atoms. The van der Waals surface area contributed by atoms with E-state index in [1.54, 1.807) is 0 Å². The van der Waals surface area contributed by atoms with E-state index < -0.39 is 12.5 Å². The molecule has 11 nitrogen and oxygen atoms in total. The van der Waals surface area contributed by atoms with Crippen LogP contribution in [0.2, 0.25) is 0 Å². The molecule has 20 N–H and O–H groups in total. The third-order valence-electron chi connectivity index (χ3n) is 7.52. The molecule has 0 heterocycles. The minimum atomic E-state index is -0.447. The summed E-state index contributed by atoms with van der Waals surface area (Å²) in [6.07, 6.45) is 10.5. The van der Waals surface area contributed by atoms with E-state index in [9.17, 15) is 0 Å². The molecule has 0 aliphatic heterocycles. The van der Waals surface area contributed by atoms with Gasteiger partial charge in [0.15, 0.2) is 0 Å². The van der Waals surface area contributed by atoms with E-state index >= 15 is 0 Å². The Morgan fingerprint density at radius 1 is 0.405 bits per heavy atom. The van der Waals surface area contributed by atoms with E-state index in [2.05, 4.69) is 13.8 Å². The van der Waals surface area contributed by atoms with Crippen molar-refractivity contribution >= 4 is 0 Å². The first kappa shape index (κ1) is 36.6. The molecule has 0 rings (SSSR count). The molecule has 0 aliphatic carbocycles. The fraction of sp³-hybridized carbons (Fsp3) is 1.00. The van der Waals surface area contributed by atoms with Gasteiger partial charge in [-0.1, -0.05) is 26.7 Å². The molecule has 10 atom stereocenters. The summed E-state index contributed by atoms with van der Waals surface area (Å²) in [5, 5.41) is 0. The average molecular weight is 533 g/mol. The monoisotopic (exact) mass is 533 g/mol. The minimum absolute atomic E-state index is 0.0396. The zero-order valence-electron chi connectivity index (χ0n) is 23.9. The summed E-state index contributed by atoms with van der Waals surface area (Å²) < 4.78 is 5.74. The van der Waals surface area contributed by atoms with Crippen molar-refractivity contribution < 1.29 is 4.74 Å².